The highest BCUT2D eigenvalue weighted by atomic mass is 16.3. The Balaban J connectivity index is 2.39. The van der Waals surface area contributed by atoms with Crippen molar-refractivity contribution in [3.05, 3.63) is 22.6 Å². The molecule has 0 aliphatic heterocycles. The smallest absolute Gasteiger partial charge is 0.108 e. The molecule has 1 nitrogen and oxygen atoms in total. The van der Waals surface area contributed by atoms with Crippen molar-refractivity contribution in [1.82, 2.24) is 0 Å². The first-order valence-electron chi connectivity index (χ1n) is 3.57. The van der Waals surface area contributed by atoms with E-state index in [0.717, 1.165) is 0 Å². The standard InChI is InChI=1S/C8H8O/c1-3-7-5(1)6-2-4-8(6)9-7/h1-4H2. The first-order valence-corrected chi connectivity index (χ1v) is 3.57. The summed E-state index contributed by atoms with van der Waals surface area (Å²) in [6.07, 6.45) is 4.97. The lowest BCUT2D eigenvalue weighted by Crippen LogP contribution is -2.11. The maximum absolute atomic E-state index is 5.52. The van der Waals surface area contributed by atoms with Crippen molar-refractivity contribution in [3.8, 4) is 0 Å². The van der Waals surface area contributed by atoms with Crippen molar-refractivity contribution in [2.75, 3.05) is 0 Å². The van der Waals surface area contributed by atoms with Gasteiger partial charge in [-0.05, 0) is 24.0 Å². The van der Waals surface area contributed by atoms with Crippen molar-refractivity contribution in [2.24, 2.45) is 0 Å². The number of aryl methyl sites for hydroxylation is 2. The SMILES string of the molecule is C1Cc2c1oc1c2CC1. The van der Waals surface area contributed by atoms with Crippen LogP contribution in [-0.4, -0.2) is 0 Å². The van der Waals surface area contributed by atoms with Gasteiger partial charge < -0.3 is 4.42 Å². The van der Waals surface area contributed by atoms with E-state index in [1.807, 2.05) is 0 Å². The van der Waals surface area contributed by atoms with E-state index in [9.17, 15) is 0 Å². The van der Waals surface area contributed by atoms with Crippen molar-refractivity contribution in [2.45, 2.75) is 25.7 Å². The van der Waals surface area contributed by atoms with Crippen LogP contribution in [0.25, 0.3) is 0 Å². The largest absolute Gasteiger partial charge is 0.465 e. The molecule has 0 fully saturated rings. The lowest BCUT2D eigenvalue weighted by atomic mass is 9.85. The average Bonchev–Trinajstić information content (AvgIpc) is 1.88. The van der Waals surface area contributed by atoms with Gasteiger partial charge in [-0.3, -0.25) is 0 Å². The molecule has 0 atom stereocenters. The molecule has 46 valence electrons. The van der Waals surface area contributed by atoms with Crippen LogP contribution in [0.4, 0.5) is 0 Å². The minimum Gasteiger partial charge on any atom is -0.465 e. The third-order valence-electron chi connectivity index (χ3n) is 2.49. The van der Waals surface area contributed by atoms with E-state index in [-0.39, 0.29) is 0 Å². The Morgan fingerprint density at radius 1 is 0.778 bits per heavy atom. The zero-order valence-electron chi connectivity index (χ0n) is 5.24. The molecule has 1 aromatic rings. The molecule has 0 radical (unpaired) electrons. The fraction of sp³-hybridized carbons (Fsp3) is 0.500. The fourth-order valence-corrected chi connectivity index (χ4v) is 1.72. The summed E-state index contributed by atoms with van der Waals surface area (Å²) in [6, 6.07) is 0. The van der Waals surface area contributed by atoms with Crippen LogP contribution in [0.1, 0.15) is 22.6 Å². The quantitative estimate of drug-likeness (QED) is 0.505. The lowest BCUT2D eigenvalue weighted by molar-refractivity contribution is 0.431. The molecule has 0 unspecified atom stereocenters. The van der Waals surface area contributed by atoms with Gasteiger partial charge in [0.2, 0.25) is 0 Å². The zero-order chi connectivity index (χ0) is 5.84. The summed E-state index contributed by atoms with van der Waals surface area (Å²) in [4.78, 5) is 0. The van der Waals surface area contributed by atoms with Crippen LogP contribution in [0.2, 0.25) is 0 Å². The molecule has 0 bridgehead atoms. The van der Waals surface area contributed by atoms with Crippen molar-refractivity contribution >= 4 is 0 Å². The van der Waals surface area contributed by atoms with Gasteiger partial charge in [0.25, 0.3) is 0 Å². The van der Waals surface area contributed by atoms with Gasteiger partial charge in [0.05, 0.1) is 0 Å². The summed E-state index contributed by atoms with van der Waals surface area (Å²) in [5, 5.41) is 0. The molecular weight excluding hydrogens is 112 g/mol. The zero-order valence-corrected chi connectivity index (χ0v) is 5.24. The fourth-order valence-electron chi connectivity index (χ4n) is 1.72. The van der Waals surface area contributed by atoms with Crippen LogP contribution < -0.4 is 0 Å². The van der Waals surface area contributed by atoms with E-state index in [1.165, 1.54) is 37.2 Å². The Labute approximate surface area is 53.7 Å². The van der Waals surface area contributed by atoms with Crippen LogP contribution in [0.5, 0.6) is 0 Å². The Morgan fingerprint density at radius 2 is 1.33 bits per heavy atom. The number of fused-ring (bicyclic) bond motifs is 3. The monoisotopic (exact) mass is 120 g/mol. The van der Waals surface area contributed by atoms with E-state index in [2.05, 4.69) is 0 Å². The Kier molecular flexibility index (Phi) is 0.500. The molecule has 0 saturated carbocycles. The number of rotatable bonds is 0. The van der Waals surface area contributed by atoms with E-state index < -0.39 is 0 Å². The van der Waals surface area contributed by atoms with E-state index in [4.69, 9.17) is 4.42 Å². The normalized spacial score (nSPS) is 19.6. The summed E-state index contributed by atoms with van der Waals surface area (Å²) in [7, 11) is 0. The van der Waals surface area contributed by atoms with Crippen molar-refractivity contribution in [1.29, 1.82) is 0 Å². The first kappa shape index (κ1) is 4.15. The number of furan rings is 1. The van der Waals surface area contributed by atoms with Crippen molar-refractivity contribution < 1.29 is 4.42 Å². The second kappa shape index (κ2) is 1.08. The highest BCUT2D eigenvalue weighted by Crippen LogP contribution is 2.38. The maximum Gasteiger partial charge on any atom is 0.108 e. The van der Waals surface area contributed by atoms with Crippen LogP contribution in [0.3, 0.4) is 0 Å². The Hall–Kier alpha value is -0.720. The summed E-state index contributed by atoms with van der Waals surface area (Å²) >= 11 is 0. The summed E-state index contributed by atoms with van der Waals surface area (Å²) in [5.41, 5.74) is 3.10. The minimum atomic E-state index is 1.20. The second-order valence-electron chi connectivity index (χ2n) is 2.91. The second-order valence-corrected chi connectivity index (χ2v) is 2.91. The van der Waals surface area contributed by atoms with Crippen LogP contribution >= 0.6 is 0 Å². The molecule has 1 heteroatoms. The molecule has 9 heavy (non-hydrogen) atoms. The molecule has 1 aromatic heterocycles. The van der Waals surface area contributed by atoms with Gasteiger partial charge in [0.1, 0.15) is 11.5 Å². The Bertz CT molecular complexity index is 244. The predicted octanol–water partition coefficient (Wildman–Crippen LogP) is 1.48. The van der Waals surface area contributed by atoms with Gasteiger partial charge in [-0.15, -0.1) is 0 Å². The topological polar surface area (TPSA) is 13.1 Å². The van der Waals surface area contributed by atoms with Gasteiger partial charge in [-0.1, -0.05) is 0 Å². The van der Waals surface area contributed by atoms with E-state index in [0.29, 0.717) is 0 Å². The van der Waals surface area contributed by atoms with Gasteiger partial charge >= 0.3 is 0 Å². The van der Waals surface area contributed by atoms with Crippen molar-refractivity contribution in [3.63, 3.8) is 0 Å². The molecule has 3 rings (SSSR count). The molecule has 2 aliphatic carbocycles. The molecule has 0 saturated heterocycles. The first-order chi connectivity index (χ1) is 4.45. The summed E-state index contributed by atoms with van der Waals surface area (Å²) < 4.78 is 5.52. The third kappa shape index (κ3) is 0.318. The summed E-state index contributed by atoms with van der Waals surface area (Å²) in [5.74, 6) is 2.58. The van der Waals surface area contributed by atoms with Crippen LogP contribution in [0, 0.1) is 0 Å². The maximum atomic E-state index is 5.52. The van der Waals surface area contributed by atoms with E-state index in [1.54, 1.807) is 11.1 Å². The molecule has 2 aliphatic rings. The van der Waals surface area contributed by atoms with Gasteiger partial charge in [-0.25, -0.2) is 0 Å². The molecule has 0 amide bonds. The number of hydrogen-bond donors (Lipinski definition) is 0. The molecule has 1 heterocycles. The van der Waals surface area contributed by atoms with Gasteiger partial charge in [0.15, 0.2) is 0 Å². The van der Waals surface area contributed by atoms with Crippen LogP contribution in [0.15, 0.2) is 4.42 Å². The molecule has 0 spiro atoms. The van der Waals surface area contributed by atoms with Gasteiger partial charge in [-0.2, -0.15) is 0 Å². The Morgan fingerprint density at radius 3 is 1.56 bits per heavy atom. The average molecular weight is 120 g/mol. The number of hydrogen-bond acceptors (Lipinski definition) is 1. The molecule has 0 N–H and O–H groups in total. The predicted molar refractivity (Wildman–Crippen MR) is 33.5 cm³/mol. The van der Waals surface area contributed by atoms with Gasteiger partial charge in [0, 0.05) is 12.8 Å². The molecular formula is C8H8O. The minimum absolute atomic E-state index is 1.20. The summed E-state index contributed by atoms with van der Waals surface area (Å²) in [6.45, 7) is 0. The van der Waals surface area contributed by atoms with Crippen LogP contribution in [-0.2, 0) is 25.7 Å². The third-order valence-corrected chi connectivity index (χ3v) is 2.49. The molecule has 0 aromatic carbocycles. The highest BCUT2D eigenvalue weighted by Gasteiger charge is 2.30. The van der Waals surface area contributed by atoms with E-state index >= 15 is 0 Å². The highest BCUT2D eigenvalue weighted by molar-refractivity contribution is 5.44. The lowest BCUT2D eigenvalue weighted by Gasteiger charge is -2.14.